The molecule has 0 radical (unpaired) electrons. The number of carboxylic acid groups (broad SMARTS) is 1. The molecule has 0 fully saturated rings. The topological polar surface area (TPSA) is 60.9 Å². The molecule has 0 aromatic heterocycles. The third-order valence-electron chi connectivity index (χ3n) is 3.36. The molecule has 96 valence electrons. The minimum absolute atomic E-state index is 0.235. The third-order valence-corrected chi connectivity index (χ3v) is 3.36. The van der Waals surface area contributed by atoms with Crippen molar-refractivity contribution in [3.05, 3.63) is 11.6 Å². The lowest BCUT2D eigenvalue weighted by atomic mass is 10.0. The molecule has 1 N–H and O–H groups in total. The van der Waals surface area contributed by atoms with Gasteiger partial charge in [-0.2, -0.15) is 0 Å². The van der Waals surface area contributed by atoms with Gasteiger partial charge in [0.1, 0.15) is 5.54 Å². The van der Waals surface area contributed by atoms with Crippen LogP contribution in [0.2, 0.25) is 0 Å². The first-order chi connectivity index (χ1) is 7.76. The van der Waals surface area contributed by atoms with Crippen molar-refractivity contribution in [3.8, 4) is 0 Å². The van der Waals surface area contributed by atoms with Gasteiger partial charge in [0.2, 0.25) is 0 Å². The van der Waals surface area contributed by atoms with Gasteiger partial charge in [0.05, 0.1) is 0 Å². The molecule has 0 aliphatic carbocycles. The summed E-state index contributed by atoms with van der Waals surface area (Å²) in [6.45, 7) is 6.30. The van der Waals surface area contributed by atoms with Gasteiger partial charge < -0.3 is 14.9 Å². The van der Waals surface area contributed by atoms with E-state index in [2.05, 4.69) is 0 Å². The zero-order chi connectivity index (χ0) is 13.2. The molecule has 5 heteroatoms. The first kappa shape index (κ1) is 13.5. The Kier molecular flexibility index (Phi) is 3.80. The highest BCUT2D eigenvalue weighted by Crippen LogP contribution is 2.17. The van der Waals surface area contributed by atoms with Gasteiger partial charge in [-0.3, -0.25) is 0 Å². The van der Waals surface area contributed by atoms with Crippen LogP contribution in [0.25, 0.3) is 0 Å². The number of aliphatic carboxylic acids is 1. The molecule has 1 rings (SSSR count). The summed E-state index contributed by atoms with van der Waals surface area (Å²) >= 11 is 0. The highest BCUT2D eigenvalue weighted by molar-refractivity contribution is 5.85. The van der Waals surface area contributed by atoms with Crippen LogP contribution in [0.1, 0.15) is 27.2 Å². The molecule has 0 saturated heterocycles. The summed E-state index contributed by atoms with van der Waals surface area (Å²) in [6.07, 6.45) is 2.86. The van der Waals surface area contributed by atoms with Gasteiger partial charge in [-0.15, -0.1) is 0 Å². The van der Waals surface area contributed by atoms with Crippen molar-refractivity contribution >= 4 is 12.0 Å². The van der Waals surface area contributed by atoms with E-state index in [4.69, 9.17) is 5.11 Å². The molecule has 0 bridgehead atoms. The first-order valence-corrected chi connectivity index (χ1v) is 5.68. The molecular weight excluding hydrogens is 220 g/mol. The normalized spacial score (nSPS) is 16.5. The summed E-state index contributed by atoms with van der Waals surface area (Å²) in [5, 5.41) is 9.08. The minimum atomic E-state index is -1.19. The average molecular weight is 240 g/mol. The smallest absolute Gasteiger partial charge is 0.329 e. The number of hydrogen-bond donors (Lipinski definition) is 1. The highest BCUT2D eigenvalue weighted by Gasteiger charge is 2.37. The van der Waals surface area contributed by atoms with Gasteiger partial charge in [-0.1, -0.05) is 11.6 Å². The van der Waals surface area contributed by atoms with E-state index in [0.717, 1.165) is 6.42 Å². The quantitative estimate of drug-likeness (QED) is 0.745. The SMILES string of the molecule is CC1=CCN(C(=O)N(C)C(C)(C)C(=O)O)CC1. The lowest BCUT2D eigenvalue weighted by Crippen LogP contribution is -2.55. The highest BCUT2D eigenvalue weighted by atomic mass is 16.4. The summed E-state index contributed by atoms with van der Waals surface area (Å²) in [7, 11) is 1.53. The Morgan fingerprint density at radius 2 is 2.06 bits per heavy atom. The van der Waals surface area contributed by atoms with Crippen molar-refractivity contribution in [2.75, 3.05) is 20.1 Å². The maximum absolute atomic E-state index is 12.1. The van der Waals surface area contributed by atoms with E-state index in [9.17, 15) is 9.59 Å². The molecule has 2 amide bonds. The van der Waals surface area contributed by atoms with Gasteiger partial charge in [0.25, 0.3) is 0 Å². The molecule has 1 heterocycles. The number of carbonyl (C=O) groups excluding carboxylic acids is 1. The number of nitrogens with zero attached hydrogens (tertiary/aromatic N) is 2. The van der Waals surface area contributed by atoms with E-state index >= 15 is 0 Å². The number of likely N-dealkylation sites (N-methyl/N-ethyl adjacent to an activating group) is 1. The minimum Gasteiger partial charge on any atom is -0.480 e. The van der Waals surface area contributed by atoms with E-state index < -0.39 is 11.5 Å². The predicted molar refractivity (Wildman–Crippen MR) is 64.8 cm³/mol. The molecule has 17 heavy (non-hydrogen) atoms. The second kappa shape index (κ2) is 4.77. The van der Waals surface area contributed by atoms with Crippen LogP contribution >= 0.6 is 0 Å². The molecule has 0 spiro atoms. The number of urea groups is 1. The Morgan fingerprint density at radius 3 is 2.47 bits per heavy atom. The largest absolute Gasteiger partial charge is 0.480 e. The first-order valence-electron chi connectivity index (χ1n) is 5.68. The Labute approximate surface area is 102 Å². The zero-order valence-corrected chi connectivity index (χ0v) is 10.9. The molecule has 1 aliphatic rings. The molecule has 5 nitrogen and oxygen atoms in total. The molecule has 0 atom stereocenters. The third kappa shape index (κ3) is 2.78. The standard InChI is InChI=1S/C12H20N2O3/c1-9-5-7-14(8-6-9)11(17)13(4)12(2,3)10(15)16/h5H,6-8H2,1-4H3,(H,15,16). The monoisotopic (exact) mass is 240 g/mol. The van der Waals surface area contributed by atoms with Crippen molar-refractivity contribution in [2.24, 2.45) is 0 Å². The molecular formula is C12H20N2O3. The van der Waals surface area contributed by atoms with Crippen LogP contribution in [0.4, 0.5) is 4.79 Å². The van der Waals surface area contributed by atoms with E-state index in [-0.39, 0.29) is 6.03 Å². The number of amides is 2. The Hall–Kier alpha value is -1.52. The van der Waals surface area contributed by atoms with E-state index in [1.807, 2.05) is 13.0 Å². The summed E-state index contributed by atoms with van der Waals surface area (Å²) in [4.78, 5) is 26.1. The molecule has 1 aliphatic heterocycles. The average Bonchev–Trinajstić information content (AvgIpc) is 2.27. The molecule has 0 aromatic rings. The van der Waals surface area contributed by atoms with Crippen LogP contribution in [0, 0.1) is 0 Å². The van der Waals surface area contributed by atoms with Crippen LogP contribution in [0.5, 0.6) is 0 Å². The molecule has 0 unspecified atom stereocenters. The second-order valence-electron chi connectivity index (χ2n) is 4.95. The second-order valence-corrected chi connectivity index (χ2v) is 4.95. The lowest BCUT2D eigenvalue weighted by Gasteiger charge is -2.36. The van der Waals surface area contributed by atoms with Crippen molar-refractivity contribution in [1.29, 1.82) is 0 Å². The van der Waals surface area contributed by atoms with E-state index in [1.54, 1.807) is 4.90 Å². The summed E-state index contributed by atoms with van der Waals surface area (Å²) in [5.74, 6) is -1.00. The lowest BCUT2D eigenvalue weighted by molar-refractivity contribution is -0.147. The number of rotatable bonds is 2. The van der Waals surface area contributed by atoms with E-state index in [0.29, 0.717) is 13.1 Å². The van der Waals surface area contributed by atoms with Gasteiger partial charge in [0, 0.05) is 20.1 Å². The van der Waals surface area contributed by atoms with Crippen molar-refractivity contribution in [1.82, 2.24) is 9.80 Å². The number of carboxylic acids is 1. The summed E-state index contributed by atoms with van der Waals surface area (Å²) in [6, 6.07) is -0.235. The van der Waals surface area contributed by atoms with Crippen molar-refractivity contribution < 1.29 is 14.7 Å². The maximum Gasteiger partial charge on any atom is 0.329 e. The van der Waals surface area contributed by atoms with Gasteiger partial charge in [-0.25, -0.2) is 9.59 Å². The van der Waals surface area contributed by atoms with Crippen LogP contribution in [0.3, 0.4) is 0 Å². The van der Waals surface area contributed by atoms with Crippen molar-refractivity contribution in [2.45, 2.75) is 32.7 Å². The molecule has 0 saturated carbocycles. The molecule has 0 aromatic carbocycles. The Balaban J connectivity index is 2.74. The maximum atomic E-state index is 12.1. The van der Waals surface area contributed by atoms with Crippen LogP contribution in [-0.4, -0.2) is 52.6 Å². The number of hydrogen-bond acceptors (Lipinski definition) is 2. The number of carbonyl (C=O) groups is 2. The fourth-order valence-electron chi connectivity index (χ4n) is 1.54. The zero-order valence-electron chi connectivity index (χ0n) is 10.9. The van der Waals surface area contributed by atoms with Crippen LogP contribution in [-0.2, 0) is 4.79 Å². The summed E-state index contributed by atoms with van der Waals surface area (Å²) < 4.78 is 0. The van der Waals surface area contributed by atoms with Crippen LogP contribution in [0.15, 0.2) is 11.6 Å². The predicted octanol–water partition coefficient (Wildman–Crippen LogP) is 1.55. The Bertz CT molecular complexity index is 361. The van der Waals surface area contributed by atoms with Gasteiger partial charge in [0.15, 0.2) is 0 Å². The van der Waals surface area contributed by atoms with E-state index in [1.165, 1.54) is 31.4 Å². The fraction of sp³-hybridized carbons (Fsp3) is 0.667. The fourth-order valence-corrected chi connectivity index (χ4v) is 1.54. The van der Waals surface area contributed by atoms with Gasteiger partial charge >= 0.3 is 12.0 Å². The Morgan fingerprint density at radius 1 is 1.47 bits per heavy atom. The van der Waals surface area contributed by atoms with Crippen LogP contribution < -0.4 is 0 Å². The van der Waals surface area contributed by atoms with Gasteiger partial charge in [-0.05, 0) is 27.2 Å². The summed E-state index contributed by atoms with van der Waals surface area (Å²) in [5.41, 5.74) is 0.0852. The van der Waals surface area contributed by atoms with Crippen molar-refractivity contribution in [3.63, 3.8) is 0 Å².